The second-order valence-electron chi connectivity index (χ2n) is 3.96. The minimum atomic E-state index is -1.31. The van der Waals surface area contributed by atoms with E-state index in [1.807, 2.05) is 12.1 Å². The molecule has 108 valence electrons. The van der Waals surface area contributed by atoms with Gasteiger partial charge in [0.25, 0.3) is 0 Å². The number of carboxylic acid groups (broad SMARTS) is 1. The van der Waals surface area contributed by atoms with Gasteiger partial charge in [0, 0.05) is 11.0 Å². The van der Waals surface area contributed by atoms with Gasteiger partial charge in [-0.1, -0.05) is 0 Å². The Hall–Kier alpha value is -1.99. The van der Waals surface area contributed by atoms with Crippen LogP contribution in [0.15, 0.2) is 40.2 Å². The molecule has 0 fully saturated rings. The fraction of sp³-hybridized carbons (Fsp3) is 0. The summed E-state index contributed by atoms with van der Waals surface area (Å²) in [5, 5.41) is 11.4. The summed E-state index contributed by atoms with van der Waals surface area (Å²) in [4.78, 5) is 23.6. The van der Waals surface area contributed by atoms with Crippen molar-refractivity contribution in [3.8, 4) is 0 Å². The van der Waals surface area contributed by atoms with Gasteiger partial charge in [-0.3, -0.25) is 4.79 Å². The van der Waals surface area contributed by atoms with E-state index < -0.39 is 17.7 Å². The predicted molar refractivity (Wildman–Crippen MR) is 83.0 cm³/mol. The molecule has 1 aromatic carbocycles. The van der Waals surface area contributed by atoms with Crippen LogP contribution >= 0.6 is 27.3 Å². The second kappa shape index (κ2) is 6.64. The topological polar surface area (TPSA) is 66.4 Å². The Kier molecular flexibility index (Phi) is 4.87. The van der Waals surface area contributed by atoms with Crippen LogP contribution in [0.2, 0.25) is 0 Å². The number of carbonyl (C=O) groups excluding carboxylic acids is 1. The van der Waals surface area contributed by atoms with Crippen molar-refractivity contribution >= 4 is 50.9 Å². The maximum atomic E-state index is 13.0. The van der Waals surface area contributed by atoms with Gasteiger partial charge in [0.1, 0.15) is 5.82 Å². The number of carboxylic acids is 1. The highest BCUT2D eigenvalue weighted by Gasteiger charge is 2.12. The van der Waals surface area contributed by atoms with Gasteiger partial charge in [-0.05, 0) is 52.3 Å². The highest BCUT2D eigenvalue weighted by Crippen LogP contribution is 2.23. The third-order valence-corrected chi connectivity index (χ3v) is 4.05. The molecule has 0 aliphatic carbocycles. The van der Waals surface area contributed by atoms with E-state index in [-0.39, 0.29) is 11.3 Å². The van der Waals surface area contributed by atoms with Crippen LogP contribution in [0.1, 0.15) is 15.2 Å². The molecule has 21 heavy (non-hydrogen) atoms. The molecule has 2 aromatic rings. The van der Waals surface area contributed by atoms with E-state index in [4.69, 9.17) is 5.11 Å². The highest BCUT2D eigenvalue weighted by atomic mass is 79.9. The molecule has 0 saturated carbocycles. The zero-order chi connectivity index (χ0) is 15.4. The zero-order valence-corrected chi connectivity index (χ0v) is 12.9. The van der Waals surface area contributed by atoms with Crippen molar-refractivity contribution in [2.24, 2.45) is 0 Å². The first-order chi connectivity index (χ1) is 9.95. The van der Waals surface area contributed by atoms with Crippen LogP contribution in [0.3, 0.4) is 0 Å². The molecule has 0 atom stereocenters. The number of carbonyl (C=O) groups is 2. The Labute approximate surface area is 132 Å². The molecule has 0 spiro atoms. The minimum absolute atomic E-state index is 0.0471. The number of nitrogens with one attached hydrogen (secondary N) is 1. The van der Waals surface area contributed by atoms with Crippen LogP contribution in [-0.2, 0) is 4.79 Å². The Morgan fingerprint density at radius 3 is 2.67 bits per heavy atom. The number of amides is 1. The fourth-order valence-electron chi connectivity index (χ4n) is 1.55. The first-order valence-corrected chi connectivity index (χ1v) is 7.34. The molecule has 7 heteroatoms. The number of anilines is 1. The van der Waals surface area contributed by atoms with Crippen molar-refractivity contribution in [2.45, 2.75) is 0 Å². The summed E-state index contributed by atoms with van der Waals surface area (Å²) in [6, 6.07) is 6.84. The average molecular weight is 370 g/mol. The molecule has 0 aliphatic heterocycles. The van der Waals surface area contributed by atoms with Crippen molar-refractivity contribution in [2.75, 3.05) is 5.32 Å². The van der Waals surface area contributed by atoms with E-state index in [2.05, 4.69) is 21.2 Å². The number of rotatable bonds is 4. The first-order valence-electron chi connectivity index (χ1n) is 5.73. The molecule has 4 nitrogen and oxygen atoms in total. The van der Waals surface area contributed by atoms with Crippen LogP contribution in [0, 0.1) is 5.82 Å². The SMILES string of the molecule is O=C(/C=C/c1ccc(Br)s1)Nc1ccc(F)cc1C(=O)O. The Bertz CT molecular complexity index is 727. The standard InChI is InChI=1S/C14H9BrFNO3S/c15-12-5-2-9(21-12)3-6-13(18)17-11-4-1-8(16)7-10(11)14(19)20/h1-7H,(H,17,18)(H,19,20)/b6-3+. The van der Waals surface area contributed by atoms with Gasteiger partial charge in [0.15, 0.2) is 0 Å². The van der Waals surface area contributed by atoms with Crippen molar-refractivity contribution in [3.63, 3.8) is 0 Å². The van der Waals surface area contributed by atoms with Crippen LogP contribution in [0.25, 0.3) is 6.08 Å². The lowest BCUT2D eigenvalue weighted by Crippen LogP contribution is -2.12. The smallest absolute Gasteiger partial charge is 0.337 e. The minimum Gasteiger partial charge on any atom is -0.478 e. The second-order valence-corrected chi connectivity index (χ2v) is 6.45. The van der Waals surface area contributed by atoms with E-state index in [1.54, 1.807) is 6.08 Å². The first kappa shape index (κ1) is 15.4. The molecular weight excluding hydrogens is 361 g/mol. The third kappa shape index (κ3) is 4.24. The lowest BCUT2D eigenvalue weighted by Gasteiger charge is -2.06. The number of hydrogen-bond acceptors (Lipinski definition) is 3. The summed E-state index contributed by atoms with van der Waals surface area (Å²) in [6.07, 6.45) is 2.89. The summed E-state index contributed by atoms with van der Waals surface area (Å²) in [6.45, 7) is 0. The molecule has 1 heterocycles. The molecule has 1 amide bonds. The molecule has 0 unspecified atom stereocenters. The molecule has 0 aliphatic rings. The molecule has 0 bridgehead atoms. The van der Waals surface area contributed by atoms with Crippen LogP contribution in [0.5, 0.6) is 0 Å². The predicted octanol–water partition coefficient (Wildman–Crippen LogP) is 4.00. The van der Waals surface area contributed by atoms with Gasteiger partial charge in [-0.2, -0.15) is 0 Å². The van der Waals surface area contributed by atoms with Gasteiger partial charge in [0.05, 0.1) is 15.0 Å². The fourth-order valence-corrected chi connectivity index (χ4v) is 2.88. The van der Waals surface area contributed by atoms with Gasteiger partial charge in [-0.25, -0.2) is 9.18 Å². The van der Waals surface area contributed by atoms with Crippen molar-refractivity contribution in [1.29, 1.82) is 0 Å². The number of halogens is 2. The van der Waals surface area contributed by atoms with E-state index in [0.29, 0.717) is 0 Å². The van der Waals surface area contributed by atoms with Gasteiger partial charge < -0.3 is 10.4 Å². The summed E-state index contributed by atoms with van der Waals surface area (Å²) in [5.41, 5.74) is -0.249. The quantitative estimate of drug-likeness (QED) is 0.800. The van der Waals surface area contributed by atoms with Gasteiger partial charge in [-0.15, -0.1) is 11.3 Å². The largest absolute Gasteiger partial charge is 0.478 e. The lowest BCUT2D eigenvalue weighted by molar-refractivity contribution is -0.111. The summed E-state index contributed by atoms with van der Waals surface area (Å²) in [7, 11) is 0. The monoisotopic (exact) mass is 369 g/mol. The zero-order valence-electron chi connectivity index (χ0n) is 10.5. The number of hydrogen-bond donors (Lipinski definition) is 2. The third-order valence-electron chi connectivity index (χ3n) is 2.46. The van der Waals surface area contributed by atoms with Crippen molar-refractivity contribution in [3.05, 3.63) is 56.5 Å². The number of aromatic carboxylic acids is 1. The number of thiophene rings is 1. The maximum Gasteiger partial charge on any atom is 0.337 e. The summed E-state index contributed by atoms with van der Waals surface area (Å²) >= 11 is 4.76. The van der Waals surface area contributed by atoms with Gasteiger partial charge >= 0.3 is 5.97 Å². The summed E-state index contributed by atoms with van der Waals surface area (Å²) < 4.78 is 14.0. The van der Waals surface area contributed by atoms with Crippen molar-refractivity contribution in [1.82, 2.24) is 0 Å². The van der Waals surface area contributed by atoms with E-state index in [9.17, 15) is 14.0 Å². The molecule has 0 saturated heterocycles. The molecule has 0 radical (unpaired) electrons. The normalized spacial score (nSPS) is 10.8. The average Bonchev–Trinajstić information content (AvgIpc) is 2.84. The van der Waals surface area contributed by atoms with E-state index in [1.165, 1.54) is 23.5 Å². The highest BCUT2D eigenvalue weighted by molar-refractivity contribution is 9.11. The van der Waals surface area contributed by atoms with Gasteiger partial charge in [0.2, 0.25) is 5.91 Å². The summed E-state index contributed by atoms with van der Waals surface area (Å²) in [5.74, 6) is -2.48. The Morgan fingerprint density at radius 2 is 2.05 bits per heavy atom. The molecular formula is C14H9BrFNO3S. The van der Waals surface area contributed by atoms with E-state index in [0.717, 1.165) is 20.8 Å². The van der Waals surface area contributed by atoms with E-state index >= 15 is 0 Å². The molecule has 1 aromatic heterocycles. The lowest BCUT2D eigenvalue weighted by atomic mass is 10.1. The maximum absolute atomic E-state index is 13.0. The van der Waals surface area contributed by atoms with Crippen LogP contribution in [-0.4, -0.2) is 17.0 Å². The van der Waals surface area contributed by atoms with Crippen LogP contribution in [0.4, 0.5) is 10.1 Å². The molecule has 2 rings (SSSR count). The Morgan fingerprint density at radius 1 is 1.29 bits per heavy atom. The van der Waals surface area contributed by atoms with Crippen molar-refractivity contribution < 1.29 is 19.1 Å². The Balaban J connectivity index is 2.13. The number of benzene rings is 1. The van der Waals surface area contributed by atoms with Crippen LogP contribution < -0.4 is 5.32 Å². The molecule has 2 N–H and O–H groups in total.